The third-order valence-electron chi connectivity index (χ3n) is 6.30. The Hall–Kier alpha value is -5.51. The molecule has 0 unspecified atom stereocenters. The molecule has 0 saturated carbocycles. The largest absolute Gasteiger partial charge is 0.457 e. The number of nitrogens with one attached hydrogen (secondary N) is 3. The number of fused-ring (bicyclic) bond motifs is 1. The van der Waals surface area contributed by atoms with Gasteiger partial charge in [-0.3, -0.25) is 19.7 Å². The van der Waals surface area contributed by atoms with Gasteiger partial charge in [-0.15, -0.1) is 0 Å². The van der Waals surface area contributed by atoms with Crippen LogP contribution in [-0.2, 0) is 0 Å². The van der Waals surface area contributed by atoms with Gasteiger partial charge in [0.1, 0.15) is 17.2 Å². The Morgan fingerprint density at radius 3 is 2.58 bits per heavy atom. The molecule has 40 heavy (non-hydrogen) atoms. The first-order chi connectivity index (χ1) is 19.5. The number of H-pyrrole nitrogens is 1. The van der Waals surface area contributed by atoms with E-state index in [4.69, 9.17) is 9.84 Å². The molecular formula is C30H26N8O2. The van der Waals surface area contributed by atoms with Crippen molar-refractivity contribution in [3.63, 3.8) is 0 Å². The lowest BCUT2D eigenvalue weighted by atomic mass is 10.1. The fourth-order valence-electron chi connectivity index (χ4n) is 4.24. The van der Waals surface area contributed by atoms with Crippen molar-refractivity contribution in [2.24, 2.45) is 0 Å². The number of amides is 2. The number of urea groups is 1. The Bertz CT molecular complexity index is 1780. The van der Waals surface area contributed by atoms with Crippen molar-refractivity contribution >= 4 is 28.2 Å². The zero-order valence-corrected chi connectivity index (χ0v) is 21.9. The van der Waals surface area contributed by atoms with Gasteiger partial charge in [0.25, 0.3) is 0 Å². The van der Waals surface area contributed by atoms with Crippen molar-refractivity contribution < 1.29 is 9.53 Å². The van der Waals surface area contributed by atoms with Crippen LogP contribution in [0.4, 0.5) is 16.2 Å². The molecular weight excluding hydrogens is 504 g/mol. The number of carbonyl (C=O) groups is 1. The molecule has 10 heteroatoms. The summed E-state index contributed by atoms with van der Waals surface area (Å²) in [5, 5.41) is 19.4. The van der Waals surface area contributed by atoms with Crippen molar-refractivity contribution in [3.05, 3.63) is 97.8 Å². The Balaban J connectivity index is 1.15. The van der Waals surface area contributed by atoms with Crippen molar-refractivity contribution in [2.75, 3.05) is 10.6 Å². The van der Waals surface area contributed by atoms with E-state index in [2.05, 4.69) is 30.8 Å². The van der Waals surface area contributed by atoms with Gasteiger partial charge < -0.3 is 15.4 Å². The molecule has 0 fully saturated rings. The van der Waals surface area contributed by atoms with Crippen LogP contribution in [0.3, 0.4) is 0 Å². The lowest BCUT2D eigenvalue weighted by molar-refractivity contribution is 0.262. The number of pyridine rings is 2. The van der Waals surface area contributed by atoms with E-state index >= 15 is 0 Å². The summed E-state index contributed by atoms with van der Waals surface area (Å²) < 4.78 is 7.82. The molecule has 0 aliphatic heterocycles. The maximum absolute atomic E-state index is 13.0. The van der Waals surface area contributed by atoms with Crippen molar-refractivity contribution in [1.82, 2.24) is 29.9 Å². The average molecular weight is 531 g/mol. The summed E-state index contributed by atoms with van der Waals surface area (Å²) in [6.45, 7) is 4.08. The quantitative estimate of drug-likeness (QED) is 0.206. The summed E-state index contributed by atoms with van der Waals surface area (Å²) in [7, 11) is 0. The molecule has 6 aromatic rings. The van der Waals surface area contributed by atoms with Crippen LogP contribution in [0.25, 0.3) is 33.3 Å². The summed E-state index contributed by atoms with van der Waals surface area (Å²) in [6, 6.07) is 18.5. The number of rotatable bonds is 7. The van der Waals surface area contributed by atoms with Gasteiger partial charge >= 0.3 is 6.03 Å². The highest BCUT2D eigenvalue weighted by atomic mass is 16.5. The molecule has 2 aromatic carbocycles. The first kappa shape index (κ1) is 24.8. The number of carbonyl (C=O) groups excluding carboxylic acids is 1. The average Bonchev–Trinajstić information content (AvgIpc) is 3.65. The third kappa shape index (κ3) is 5.37. The second kappa shape index (κ2) is 10.7. The molecule has 2 amide bonds. The molecule has 0 radical (unpaired) electrons. The maximum Gasteiger partial charge on any atom is 0.323 e. The predicted molar refractivity (Wildman–Crippen MR) is 154 cm³/mol. The van der Waals surface area contributed by atoms with Gasteiger partial charge in [-0.25, -0.2) is 4.79 Å². The fraction of sp³-hybridized carbons (Fsp3) is 0.100. The number of hydrogen-bond acceptors (Lipinski definition) is 6. The number of anilines is 2. The van der Waals surface area contributed by atoms with Crippen LogP contribution in [-0.4, -0.2) is 36.0 Å². The first-order valence-electron chi connectivity index (χ1n) is 12.8. The highest BCUT2D eigenvalue weighted by Gasteiger charge is 2.16. The van der Waals surface area contributed by atoms with E-state index in [-0.39, 0.29) is 12.1 Å². The summed E-state index contributed by atoms with van der Waals surface area (Å²) in [4.78, 5) is 21.5. The van der Waals surface area contributed by atoms with E-state index in [0.29, 0.717) is 28.6 Å². The van der Waals surface area contributed by atoms with Gasteiger partial charge in [0.05, 0.1) is 17.6 Å². The van der Waals surface area contributed by atoms with Crippen LogP contribution in [0.2, 0.25) is 0 Å². The fourth-order valence-corrected chi connectivity index (χ4v) is 4.24. The number of aromatic nitrogens is 6. The summed E-state index contributed by atoms with van der Waals surface area (Å²) in [5.41, 5.74) is 4.46. The molecule has 6 rings (SSSR count). The number of aromatic amines is 1. The van der Waals surface area contributed by atoms with Crippen LogP contribution in [0.15, 0.2) is 97.8 Å². The molecule has 3 N–H and O–H groups in total. The van der Waals surface area contributed by atoms with Gasteiger partial charge in [-0.1, -0.05) is 12.1 Å². The molecule has 0 saturated heterocycles. The van der Waals surface area contributed by atoms with E-state index in [9.17, 15) is 4.79 Å². The van der Waals surface area contributed by atoms with Gasteiger partial charge in [0.2, 0.25) is 0 Å². The molecule has 10 nitrogen and oxygen atoms in total. The lowest BCUT2D eigenvalue weighted by Gasteiger charge is -2.10. The predicted octanol–water partition coefficient (Wildman–Crippen LogP) is 6.90. The molecule has 0 aliphatic rings. The van der Waals surface area contributed by atoms with Gasteiger partial charge in [0, 0.05) is 65.3 Å². The van der Waals surface area contributed by atoms with E-state index in [1.165, 1.54) is 0 Å². The van der Waals surface area contributed by atoms with Crippen molar-refractivity contribution in [3.8, 4) is 34.0 Å². The Morgan fingerprint density at radius 2 is 1.77 bits per heavy atom. The smallest absolute Gasteiger partial charge is 0.323 e. The number of benzene rings is 2. The van der Waals surface area contributed by atoms with Gasteiger partial charge in [-0.2, -0.15) is 10.2 Å². The molecule has 0 bridgehead atoms. The van der Waals surface area contributed by atoms with Gasteiger partial charge in [0.15, 0.2) is 0 Å². The molecule has 198 valence electrons. The van der Waals surface area contributed by atoms with E-state index in [1.54, 1.807) is 55.1 Å². The van der Waals surface area contributed by atoms with Gasteiger partial charge in [-0.05, 0) is 61.7 Å². The Kier molecular flexibility index (Phi) is 6.63. The number of ether oxygens (including phenoxy) is 1. The minimum atomic E-state index is -0.373. The van der Waals surface area contributed by atoms with Crippen molar-refractivity contribution in [2.45, 2.75) is 19.9 Å². The monoisotopic (exact) mass is 530 g/mol. The SMILES string of the molecule is CC(C)n1cc(NC(=O)Nc2ccc(Oc3ccnc(-c4cn[nH]c4)c3)cc2)c(-c2ccc3cnccc3c2)n1. The summed E-state index contributed by atoms with van der Waals surface area (Å²) in [5.74, 6) is 1.27. The highest BCUT2D eigenvalue weighted by molar-refractivity contribution is 6.02. The minimum Gasteiger partial charge on any atom is -0.457 e. The maximum atomic E-state index is 13.0. The molecule has 4 heterocycles. The lowest BCUT2D eigenvalue weighted by Crippen LogP contribution is -2.19. The van der Waals surface area contributed by atoms with E-state index in [0.717, 1.165) is 27.6 Å². The van der Waals surface area contributed by atoms with Crippen molar-refractivity contribution in [1.29, 1.82) is 0 Å². The highest BCUT2D eigenvalue weighted by Crippen LogP contribution is 2.31. The van der Waals surface area contributed by atoms with E-state index in [1.807, 2.05) is 61.3 Å². The van der Waals surface area contributed by atoms with Crippen LogP contribution in [0.5, 0.6) is 11.5 Å². The molecule has 0 aliphatic carbocycles. The molecule has 0 spiro atoms. The Morgan fingerprint density at radius 1 is 0.900 bits per heavy atom. The second-order valence-corrected chi connectivity index (χ2v) is 9.47. The topological polar surface area (TPSA) is 123 Å². The normalized spacial score (nSPS) is 11.1. The zero-order chi connectivity index (χ0) is 27.5. The second-order valence-electron chi connectivity index (χ2n) is 9.47. The van der Waals surface area contributed by atoms with Crippen LogP contribution in [0.1, 0.15) is 19.9 Å². The number of nitrogens with zero attached hydrogens (tertiary/aromatic N) is 5. The zero-order valence-electron chi connectivity index (χ0n) is 21.9. The summed E-state index contributed by atoms with van der Waals surface area (Å²) in [6.07, 6.45) is 10.6. The third-order valence-corrected chi connectivity index (χ3v) is 6.30. The number of hydrogen-bond donors (Lipinski definition) is 3. The molecule has 4 aromatic heterocycles. The van der Waals surface area contributed by atoms with Crippen LogP contribution in [0, 0.1) is 0 Å². The summed E-state index contributed by atoms with van der Waals surface area (Å²) >= 11 is 0. The van der Waals surface area contributed by atoms with Crippen LogP contribution < -0.4 is 15.4 Å². The van der Waals surface area contributed by atoms with E-state index < -0.39 is 0 Å². The van der Waals surface area contributed by atoms with Crippen LogP contribution >= 0.6 is 0 Å². The minimum absolute atomic E-state index is 0.130. The Labute approximate surface area is 230 Å². The first-order valence-corrected chi connectivity index (χ1v) is 12.8. The standard InChI is InChI=1S/C30H26N8O2/c1-19(2)38-18-28(29(37-38)21-3-4-22-15-31-11-9-20(22)13-21)36-30(39)35-24-5-7-25(8-6-24)40-26-10-12-32-27(14-26)23-16-33-34-17-23/h3-19H,1-2H3,(H,33,34)(H2,35,36,39). The molecule has 0 atom stereocenters.